The Balaban J connectivity index is 1.68. The van der Waals surface area contributed by atoms with E-state index in [0.717, 1.165) is 12.8 Å². The Morgan fingerprint density at radius 1 is 0.767 bits per heavy atom. The van der Waals surface area contributed by atoms with Crippen molar-refractivity contribution < 1.29 is 0 Å². The molecule has 2 aromatic rings. The molecule has 0 amide bonds. The quantitative estimate of drug-likeness (QED) is 0.332. The number of nitrogens with one attached hydrogen (secondary N) is 1. The number of anilines is 5. The van der Waals surface area contributed by atoms with E-state index >= 15 is 0 Å². The lowest BCUT2D eigenvalue weighted by Gasteiger charge is -2.37. The van der Waals surface area contributed by atoms with Crippen LogP contribution in [0.3, 0.4) is 0 Å². The van der Waals surface area contributed by atoms with Gasteiger partial charge in [0.05, 0.1) is 17.6 Å². The van der Waals surface area contributed by atoms with Gasteiger partial charge in [0.2, 0.25) is 17.8 Å². The van der Waals surface area contributed by atoms with Gasteiger partial charge in [-0.25, -0.2) is 0 Å². The highest BCUT2D eigenvalue weighted by atomic mass is 15.4. The number of nitrogens with two attached hydrogens (primary N) is 5. The number of nitrogen functional groups attached to an aromatic ring is 1. The van der Waals surface area contributed by atoms with E-state index in [0.29, 0.717) is 55.4 Å². The highest BCUT2D eigenvalue weighted by molar-refractivity contribution is 5.59. The molecule has 0 radical (unpaired) electrons. The molecule has 2 aliphatic rings. The molecular weight excluding hydrogens is 384 g/mol. The minimum Gasteiger partial charge on any atom is -0.397 e. The van der Waals surface area contributed by atoms with Gasteiger partial charge in [-0.3, -0.25) is 4.98 Å². The summed E-state index contributed by atoms with van der Waals surface area (Å²) < 4.78 is 0. The van der Waals surface area contributed by atoms with Crippen molar-refractivity contribution in [3.63, 3.8) is 0 Å². The summed E-state index contributed by atoms with van der Waals surface area (Å²) in [5, 5.41) is 3.17. The van der Waals surface area contributed by atoms with Gasteiger partial charge in [-0.05, 0) is 18.9 Å². The van der Waals surface area contributed by atoms with Gasteiger partial charge in [0.1, 0.15) is 0 Å². The van der Waals surface area contributed by atoms with Crippen molar-refractivity contribution in [2.75, 3.05) is 47.0 Å². The van der Waals surface area contributed by atoms with Crippen LogP contribution in [0, 0.1) is 0 Å². The number of rotatable bonds is 4. The first-order valence-corrected chi connectivity index (χ1v) is 10.1. The Kier molecular flexibility index (Phi) is 5.81. The second-order valence-electron chi connectivity index (χ2n) is 8.21. The average molecular weight is 415 g/mol. The molecule has 4 unspecified atom stereocenters. The lowest BCUT2D eigenvalue weighted by Crippen LogP contribution is -2.54. The zero-order chi connectivity index (χ0) is 21.3. The average Bonchev–Trinajstić information content (AvgIpc) is 2.66. The van der Waals surface area contributed by atoms with Gasteiger partial charge in [-0.2, -0.15) is 15.0 Å². The van der Waals surface area contributed by atoms with E-state index in [2.05, 4.69) is 20.3 Å². The minimum absolute atomic E-state index is 0.0414. The Morgan fingerprint density at radius 2 is 1.27 bits per heavy atom. The molecule has 4 rings (SSSR count). The summed E-state index contributed by atoms with van der Waals surface area (Å²) in [7, 11) is 0. The fraction of sp³-hybridized carbons (Fsp3) is 0.556. The number of hydrogen-bond donors (Lipinski definition) is 6. The van der Waals surface area contributed by atoms with Crippen molar-refractivity contribution in [1.29, 1.82) is 0 Å². The monoisotopic (exact) mass is 414 g/mol. The van der Waals surface area contributed by atoms with E-state index < -0.39 is 0 Å². The maximum atomic E-state index is 6.17. The third-order valence-corrected chi connectivity index (χ3v) is 5.22. The second-order valence-corrected chi connectivity index (χ2v) is 8.21. The summed E-state index contributed by atoms with van der Waals surface area (Å²) in [6.07, 6.45) is 4.76. The van der Waals surface area contributed by atoms with Crippen LogP contribution >= 0.6 is 0 Å². The van der Waals surface area contributed by atoms with Crippen LogP contribution in [-0.2, 0) is 0 Å². The van der Waals surface area contributed by atoms with E-state index in [-0.39, 0.29) is 24.2 Å². The molecule has 2 aliphatic heterocycles. The molecule has 11 N–H and O–H groups in total. The van der Waals surface area contributed by atoms with E-state index in [1.807, 2.05) is 9.80 Å². The smallest absolute Gasteiger partial charge is 0.233 e. The van der Waals surface area contributed by atoms with Crippen molar-refractivity contribution in [3.05, 3.63) is 18.5 Å². The lowest BCUT2D eigenvalue weighted by atomic mass is 10.0. The van der Waals surface area contributed by atoms with Crippen LogP contribution in [0.15, 0.2) is 18.5 Å². The van der Waals surface area contributed by atoms with Crippen molar-refractivity contribution in [1.82, 2.24) is 19.9 Å². The zero-order valence-corrected chi connectivity index (χ0v) is 16.9. The molecule has 4 atom stereocenters. The molecule has 0 aliphatic carbocycles. The molecule has 30 heavy (non-hydrogen) atoms. The predicted molar refractivity (Wildman–Crippen MR) is 117 cm³/mol. The third kappa shape index (κ3) is 4.84. The van der Waals surface area contributed by atoms with Gasteiger partial charge in [-0.15, -0.1) is 0 Å². The highest BCUT2D eigenvalue weighted by Gasteiger charge is 2.28. The lowest BCUT2D eigenvalue weighted by molar-refractivity contribution is 0.441. The van der Waals surface area contributed by atoms with Gasteiger partial charge in [-0.1, -0.05) is 0 Å². The Labute approximate surface area is 175 Å². The van der Waals surface area contributed by atoms with Gasteiger partial charge >= 0.3 is 0 Å². The van der Waals surface area contributed by atoms with Gasteiger partial charge in [0.25, 0.3) is 0 Å². The number of nitrogens with zero attached hydrogens (tertiary/aromatic N) is 6. The standard InChI is InChI=1S/C18H30N12/c19-10-3-15(5-24-4-10)25-16-26-17(29-6-11(20)1-12(21)7-29)28-18(27-16)30-8-13(22)2-14(23)9-30/h3-5,11-14H,1-2,6-9,19-23H2,(H,25,26,27,28). The largest absolute Gasteiger partial charge is 0.397 e. The van der Waals surface area contributed by atoms with Gasteiger partial charge in [0.15, 0.2) is 0 Å². The number of piperidine rings is 2. The summed E-state index contributed by atoms with van der Waals surface area (Å²) in [6.45, 7) is 2.48. The molecule has 2 fully saturated rings. The SMILES string of the molecule is Nc1cncc(Nc2nc(N3CC(N)CC(N)C3)nc(N3CC(N)CC(N)C3)n2)c1. The fourth-order valence-corrected chi connectivity index (χ4v) is 4.03. The molecule has 2 aromatic heterocycles. The van der Waals surface area contributed by atoms with Crippen molar-refractivity contribution >= 4 is 29.2 Å². The normalized spacial score (nSPS) is 27.2. The van der Waals surface area contributed by atoms with Crippen LogP contribution in [0.1, 0.15) is 12.8 Å². The first-order chi connectivity index (χ1) is 14.4. The number of hydrogen-bond acceptors (Lipinski definition) is 12. The predicted octanol–water partition coefficient (Wildman–Crippen LogP) is -1.68. The van der Waals surface area contributed by atoms with Crippen LogP contribution in [0.4, 0.5) is 29.2 Å². The molecule has 0 aromatic carbocycles. The Bertz CT molecular complexity index is 812. The summed E-state index contributed by atoms with van der Waals surface area (Å²) in [6, 6.07) is 1.59. The zero-order valence-electron chi connectivity index (χ0n) is 16.9. The van der Waals surface area contributed by atoms with E-state index in [4.69, 9.17) is 33.7 Å². The minimum atomic E-state index is -0.0414. The molecule has 12 heteroatoms. The van der Waals surface area contributed by atoms with Crippen LogP contribution in [-0.4, -0.2) is 70.3 Å². The third-order valence-electron chi connectivity index (χ3n) is 5.22. The molecule has 4 heterocycles. The first kappa shape index (κ1) is 20.5. The number of aromatic nitrogens is 4. The van der Waals surface area contributed by atoms with E-state index in [9.17, 15) is 0 Å². The maximum Gasteiger partial charge on any atom is 0.233 e. The molecule has 2 saturated heterocycles. The molecule has 0 bridgehead atoms. The van der Waals surface area contributed by atoms with Gasteiger partial charge < -0.3 is 43.8 Å². The first-order valence-electron chi connectivity index (χ1n) is 10.1. The molecule has 0 spiro atoms. The van der Waals surface area contributed by atoms with Crippen molar-refractivity contribution in [2.45, 2.75) is 37.0 Å². The fourth-order valence-electron chi connectivity index (χ4n) is 4.03. The number of pyridine rings is 1. The van der Waals surface area contributed by atoms with Crippen LogP contribution in [0.2, 0.25) is 0 Å². The van der Waals surface area contributed by atoms with E-state index in [1.54, 1.807) is 18.5 Å². The summed E-state index contributed by atoms with van der Waals surface area (Å²) >= 11 is 0. The summed E-state index contributed by atoms with van der Waals surface area (Å²) in [5.41, 5.74) is 31.8. The summed E-state index contributed by atoms with van der Waals surface area (Å²) in [5.74, 6) is 1.40. The topological polar surface area (TPSA) is 200 Å². The van der Waals surface area contributed by atoms with Crippen LogP contribution in [0.25, 0.3) is 0 Å². The summed E-state index contributed by atoms with van der Waals surface area (Å²) in [4.78, 5) is 22.0. The van der Waals surface area contributed by atoms with E-state index in [1.165, 1.54) is 0 Å². The van der Waals surface area contributed by atoms with Gasteiger partial charge in [0, 0.05) is 56.5 Å². The molecule has 12 nitrogen and oxygen atoms in total. The van der Waals surface area contributed by atoms with Crippen molar-refractivity contribution in [3.8, 4) is 0 Å². The highest BCUT2D eigenvalue weighted by Crippen LogP contribution is 2.24. The molecule has 0 saturated carbocycles. The Hall–Kier alpha value is -2.80. The Morgan fingerprint density at radius 3 is 1.73 bits per heavy atom. The van der Waals surface area contributed by atoms with Crippen molar-refractivity contribution in [2.24, 2.45) is 22.9 Å². The molecular formula is C18H30N12. The van der Waals surface area contributed by atoms with Crippen LogP contribution in [0.5, 0.6) is 0 Å². The maximum absolute atomic E-state index is 6.17. The molecule has 162 valence electrons. The second kappa shape index (κ2) is 8.52. The van der Waals surface area contributed by atoms with Crippen LogP contribution < -0.4 is 43.8 Å².